The zero-order valence-corrected chi connectivity index (χ0v) is 13.4. The maximum Gasteiger partial charge on any atom is 0.323 e. The first kappa shape index (κ1) is 16.1. The maximum atomic E-state index is 12.7. The Hall–Kier alpha value is -2.30. The minimum absolute atomic E-state index is 0.238. The van der Waals surface area contributed by atoms with E-state index in [1.807, 2.05) is 39.8 Å². The average molecular weight is 303 g/mol. The van der Waals surface area contributed by atoms with Gasteiger partial charge in [0.2, 0.25) is 0 Å². The van der Waals surface area contributed by atoms with Crippen molar-refractivity contribution in [2.75, 3.05) is 13.1 Å². The van der Waals surface area contributed by atoms with Crippen LogP contribution in [0.3, 0.4) is 0 Å². The highest BCUT2D eigenvalue weighted by molar-refractivity contribution is 6.01. The van der Waals surface area contributed by atoms with Crippen LogP contribution >= 0.6 is 0 Å². The Morgan fingerprint density at radius 2 is 1.82 bits per heavy atom. The van der Waals surface area contributed by atoms with Gasteiger partial charge in [-0.25, -0.2) is 0 Å². The van der Waals surface area contributed by atoms with Crippen molar-refractivity contribution in [1.29, 1.82) is 0 Å². The van der Waals surface area contributed by atoms with Gasteiger partial charge < -0.3 is 14.4 Å². The molecular formula is C17H21NO4. The third-order valence-electron chi connectivity index (χ3n) is 3.78. The van der Waals surface area contributed by atoms with Crippen LogP contribution in [-0.4, -0.2) is 35.0 Å². The van der Waals surface area contributed by atoms with Crippen molar-refractivity contribution >= 4 is 22.8 Å². The summed E-state index contributed by atoms with van der Waals surface area (Å²) < 4.78 is 5.80. The van der Waals surface area contributed by atoms with E-state index in [1.54, 1.807) is 0 Å². The second-order valence-corrected chi connectivity index (χ2v) is 5.58. The van der Waals surface area contributed by atoms with Crippen LogP contribution in [0.2, 0.25) is 0 Å². The highest BCUT2D eigenvalue weighted by atomic mass is 16.4. The van der Waals surface area contributed by atoms with Crippen LogP contribution in [0.4, 0.5) is 0 Å². The molecule has 0 aliphatic heterocycles. The molecule has 0 aliphatic carbocycles. The number of hydrogen-bond acceptors (Lipinski definition) is 3. The number of amides is 1. The number of hydrogen-bond donors (Lipinski definition) is 1. The van der Waals surface area contributed by atoms with Gasteiger partial charge in [0.15, 0.2) is 5.76 Å². The number of carbonyl (C=O) groups is 2. The summed E-state index contributed by atoms with van der Waals surface area (Å²) >= 11 is 0. The van der Waals surface area contributed by atoms with E-state index in [2.05, 4.69) is 0 Å². The number of aryl methyl sites for hydroxylation is 3. The monoisotopic (exact) mass is 303 g/mol. The van der Waals surface area contributed by atoms with Crippen molar-refractivity contribution in [2.45, 2.75) is 34.1 Å². The first-order chi connectivity index (χ1) is 10.4. The molecule has 0 bridgehead atoms. The summed E-state index contributed by atoms with van der Waals surface area (Å²) in [5.41, 5.74) is 3.48. The highest BCUT2D eigenvalue weighted by Gasteiger charge is 2.25. The van der Waals surface area contributed by atoms with Crippen molar-refractivity contribution in [3.05, 3.63) is 34.6 Å². The van der Waals surface area contributed by atoms with Crippen molar-refractivity contribution < 1.29 is 19.1 Å². The Labute approximate surface area is 129 Å². The molecule has 118 valence electrons. The zero-order valence-electron chi connectivity index (χ0n) is 13.4. The van der Waals surface area contributed by atoms with Gasteiger partial charge in [0, 0.05) is 17.5 Å². The van der Waals surface area contributed by atoms with Gasteiger partial charge in [-0.2, -0.15) is 0 Å². The minimum atomic E-state index is -1.03. The summed E-state index contributed by atoms with van der Waals surface area (Å²) in [6.45, 7) is 7.72. The van der Waals surface area contributed by atoms with Crippen LogP contribution in [0.5, 0.6) is 0 Å². The van der Waals surface area contributed by atoms with Crippen molar-refractivity contribution in [3.8, 4) is 0 Å². The lowest BCUT2D eigenvalue weighted by Gasteiger charge is -2.18. The third-order valence-corrected chi connectivity index (χ3v) is 3.78. The molecule has 2 aromatic rings. The van der Waals surface area contributed by atoms with E-state index in [0.29, 0.717) is 18.5 Å². The fraction of sp³-hybridized carbons (Fsp3) is 0.412. The number of fused-ring (bicyclic) bond motifs is 1. The number of carboxylic acids is 1. The van der Waals surface area contributed by atoms with E-state index in [1.165, 1.54) is 4.90 Å². The Kier molecular flexibility index (Phi) is 4.54. The molecule has 0 spiro atoms. The summed E-state index contributed by atoms with van der Waals surface area (Å²) in [5, 5.41) is 9.92. The van der Waals surface area contributed by atoms with Gasteiger partial charge in [0.25, 0.3) is 5.91 Å². The van der Waals surface area contributed by atoms with Crippen molar-refractivity contribution in [1.82, 2.24) is 4.90 Å². The van der Waals surface area contributed by atoms with Crippen LogP contribution in [-0.2, 0) is 4.79 Å². The van der Waals surface area contributed by atoms with E-state index in [4.69, 9.17) is 9.52 Å². The van der Waals surface area contributed by atoms with Gasteiger partial charge in [-0.05, 0) is 38.3 Å². The Balaban J connectivity index is 2.51. The largest absolute Gasteiger partial charge is 0.480 e. The van der Waals surface area contributed by atoms with Gasteiger partial charge >= 0.3 is 5.97 Å². The summed E-state index contributed by atoms with van der Waals surface area (Å²) in [7, 11) is 0. The molecule has 0 saturated carbocycles. The molecule has 1 aromatic carbocycles. The molecule has 0 saturated heterocycles. The molecule has 22 heavy (non-hydrogen) atoms. The van der Waals surface area contributed by atoms with E-state index in [9.17, 15) is 9.59 Å². The lowest BCUT2D eigenvalue weighted by Crippen LogP contribution is -2.36. The highest BCUT2D eigenvalue weighted by Crippen LogP contribution is 2.31. The lowest BCUT2D eigenvalue weighted by atomic mass is 10.0. The predicted molar refractivity (Wildman–Crippen MR) is 84.3 cm³/mol. The molecule has 5 heteroatoms. The first-order valence-electron chi connectivity index (χ1n) is 7.37. The van der Waals surface area contributed by atoms with Gasteiger partial charge in [-0.3, -0.25) is 9.59 Å². The number of aliphatic carboxylic acids is 1. The van der Waals surface area contributed by atoms with Crippen LogP contribution in [0, 0.1) is 20.8 Å². The molecule has 1 heterocycles. The molecule has 0 unspecified atom stereocenters. The minimum Gasteiger partial charge on any atom is -0.480 e. The lowest BCUT2D eigenvalue weighted by molar-refractivity contribution is -0.137. The van der Waals surface area contributed by atoms with Gasteiger partial charge in [0.05, 0.1) is 0 Å². The van der Waals surface area contributed by atoms with Gasteiger partial charge in [-0.1, -0.05) is 19.1 Å². The SMILES string of the molecule is CCCN(CC(=O)O)C(=O)c1oc2c(C)ccc(C)c2c1C. The van der Waals surface area contributed by atoms with Gasteiger partial charge in [-0.15, -0.1) is 0 Å². The van der Waals surface area contributed by atoms with Crippen molar-refractivity contribution in [3.63, 3.8) is 0 Å². The molecule has 5 nitrogen and oxygen atoms in total. The average Bonchev–Trinajstić information content (AvgIpc) is 2.80. The standard InChI is InChI=1S/C17H21NO4/c1-5-8-18(9-13(19)20)17(21)16-12(4)14-10(2)6-7-11(3)15(14)22-16/h6-7H,5,8-9H2,1-4H3,(H,19,20). The molecule has 1 amide bonds. The van der Waals surface area contributed by atoms with Crippen LogP contribution in [0.25, 0.3) is 11.0 Å². The topological polar surface area (TPSA) is 70.8 Å². The smallest absolute Gasteiger partial charge is 0.323 e. The summed E-state index contributed by atoms with van der Waals surface area (Å²) in [6, 6.07) is 3.95. The fourth-order valence-electron chi connectivity index (χ4n) is 2.71. The third kappa shape index (κ3) is 2.84. The summed E-state index contributed by atoms with van der Waals surface area (Å²) in [6.07, 6.45) is 0.691. The van der Waals surface area contributed by atoms with E-state index >= 15 is 0 Å². The molecule has 1 aromatic heterocycles. The van der Waals surface area contributed by atoms with Gasteiger partial charge in [0.1, 0.15) is 12.1 Å². The van der Waals surface area contributed by atoms with Crippen LogP contribution < -0.4 is 0 Å². The predicted octanol–water partition coefficient (Wildman–Crippen LogP) is 3.29. The van der Waals surface area contributed by atoms with Crippen LogP contribution in [0.15, 0.2) is 16.5 Å². The normalized spacial score (nSPS) is 10.9. The van der Waals surface area contributed by atoms with E-state index in [-0.39, 0.29) is 18.2 Å². The second kappa shape index (κ2) is 6.22. The number of nitrogens with zero attached hydrogens (tertiary/aromatic N) is 1. The Bertz CT molecular complexity index is 730. The number of rotatable bonds is 5. The maximum absolute atomic E-state index is 12.7. The second-order valence-electron chi connectivity index (χ2n) is 5.58. The zero-order chi connectivity index (χ0) is 16.4. The number of benzene rings is 1. The molecule has 0 radical (unpaired) electrons. The number of furan rings is 1. The first-order valence-corrected chi connectivity index (χ1v) is 7.37. The Morgan fingerprint density at radius 3 is 2.36 bits per heavy atom. The molecule has 1 N–H and O–H groups in total. The fourth-order valence-corrected chi connectivity index (χ4v) is 2.71. The van der Waals surface area contributed by atoms with Crippen molar-refractivity contribution in [2.24, 2.45) is 0 Å². The molecule has 0 atom stereocenters. The summed E-state index contributed by atoms with van der Waals surface area (Å²) in [5.74, 6) is -1.15. The van der Waals surface area contributed by atoms with E-state index < -0.39 is 5.97 Å². The molecule has 0 fully saturated rings. The summed E-state index contributed by atoms with van der Waals surface area (Å²) in [4.78, 5) is 24.9. The molecular weight excluding hydrogens is 282 g/mol. The molecule has 0 aliphatic rings. The van der Waals surface area contributed by atoms with Crippen LogP contribution in [0.1, 0.15) is 40.6 Å². The number of carboxylic acid groups (broad SMARTS) is 1. The quantitative estimate of drug-likeness (QED) is 0.920. The van der Waals surface area contributed by atoms with E-state index in [0.717, 1.165) is 22.1 Å². The molecule has 2 rings (SSSR count). The number of carbonyl (C=O) groups excluding carboxylic acids is 1. The Morgan fingerprint density at radius 1 is 1.18 bits per heavy atom.